The first-order valence-corrected chi connectivity index (χ1v) is 16.7. The van der Waals surface area contributed by atoms with Crippen molar-refractivity contribution in [3.05, 3.63) is 35.1 Å². The van der Waals surface area contributed by atoms with Gasteiger partial charge in [-0.2, -0.15) is 13.2 Å². The summed E-state index contributed by atoms with van der Waals surface area (Å²) in [6, 6.07) is 0. The summed E-state index contributed by atoms with van der Waals surface area (Å²) in [5, 5.41) is 0. The quantitative estimate of drug-likeness (QED) is 0.0636. The summed E-state index contributed by atoms with van der Waals surface area (Å²) >= 11 is 0. The molecule has 1 saturated carbocycles. The van der Waals surface area contributed by atoms with Gasteiger partial charge in [-0.3, -0.25) is 9.59 Å². The smallest absolute Gasteiger partial charge is 0.398 e. The summed E-state index contributed by atoms with van der Waals surface area (Å²) in [4.78, 5) is 30.4. The second-order valence-corrected chi connectivity index (χ2v) is 14.7. The third-order valence-corrected chi connectivity index (χ3v) is 8.80. The molecule has 264 valence electrons. The van der Waals surface area contributed by atoms with Gasteiger partial charge >= 0.3 is 12.1 Å². The van der Waals surface area contributed by atoms with E-state index in [1.165, 1.54) is 13.0 Å². The van der Waals surface area contributed by atoms with E-state index in [1.807, 2.05) is 41.5 Å². The van der Waals surface area contributed by atoms with Crippen LogP contribution in [0.2, 0.25) is 0 Å². The molecule has 3 unspecified atom stereocenters. The number of carbonyl (C=O) groups excluding carboxylic acids is 2. The number of allylic oxidation sites excluding steroid dienone is 5. The number of ketones is 1. The Morgan fingerprint density at radius 1 is 0.957 bits per heavy atom. The van der Waals surface area contributed by atoms with Gasteiger partial charge in [0.2, 0.25) is 5.78 Å². The maximum absolute atomic E-state index is 13.6. The van der Waals surface area contributed by atoms with Crippen molar-refractivity contribution < 1.29 is 37.0 Å². The molecular formula is C37H60F3NO5. The highest BCUT2D eigenvalue weighted by atomic mass is 19.4. The molecule has 0 bridgehead atoms. The first-order valence-electron chi connectivity index (χ1n) is 16.7. The molecule has 1 rings (SSSR count). The average molecular weight is 656 g/mol. The number of hydrogen-bond donors (Lipinski definition) is 0. The number of hydrogen-bond acceptors (Lipinski definition) is 6. The summed E-state index contributed by atoms with van der Waals surface area (Å²) in [7, 11) is 0. The van der Waals surface area contributed by atoms with E-state index < -0.39 is 28.7 Å². The number of ether oxygens (including phenoxy) is 3. The maximum atomic E-state index is 13.6. The van der Waals surface area contributed by atoms with Gasteiger partial charge in [0.1, 0.15) is 17.9 Å². The molecule has 0 heterocycles. The molecule has 3 atom stereocenters. The Bertz CT molecular complexity index is 1150. The van der Waals surface area contributed by atoms with Gasteiger partial charge in [-0.25, -0.2) is 4.99 Å². The van der Waals surface area contributed by atoms with Crippen LogP contribution < -0.4 is 0 Å². The van der Waals surface area contributed by atoms with Crippen molar-refractivity contribution >= 4 is 17.5 Å². The van der Waals surface area contributed by atoms with E-state index >= 15 is 0 Å². The molecule has 0 aromatic carbocycles. The summed E-state index contributed by atoms with van der Waals surface area (Å²) in [5.74, 6) is -0.397. The van der Waals surface area contributed by atoms with Crippen LogP contribution in [0.1, 0.15) is 116 Å². The lowest BCUT2D eigenvalue weighted by molar-refractivity contribution is -0.175. The Morgan fingerprint density at radius 2 is 1.54 bits per heavy atom. The molecule has 1 aliphatic rings. The predicted molar refractivity (Wildman–Crippen MR) is 180 cm³/mol. The van der Waals surface area contributed by atoms with Gasteiger partial charge in [-0.05, 0) is 111 Å². The summed E-state index contributed by atoms with van der Waals surface area (Å²) in [6.07, 6.45) is 2.19. The molecule has 0 saturated heterocycles. The van der Waals surface area contributed by atoms with Crippen LogP contribution >= 0.6 is 0 Å². The van der Waals surface area contributed by atoms with E-state index in [0.717, 1.165) is 6.42 Å². The van der Waals surface area contributed by atoms with Gasteiger partial charge < -0.3 is 14.2 Å². The van der Waals surface area contributed by atoms with E-state index in [0.29, 0.717) is 36.8 Å². The first-order chi connectivity index (χ1) is 21.0. The monoisotopic (exact) mass is 655 g/mol. The molecule has 0 radical (unpaired) electrons. The molecule has 0 N–H and O–H groups in total. The van der Waals surface area contributed by atoms with Crippen molar-refractivity contribution in [1.29, 1.82) is 0 Å². The summed E-state index contributed by atoms with van der Waals surface area (Å²) in [6.45, 7) is 24.9. The van der Waals surface area contributed by atoms with Crippen LogP contribution in [0.3, 0.4) is 0 Å². The highest BCUT2D eigenvalue weighted by Crippen LogP contribution is 2.62. The van der Waals surface area contributed by atoms with Crippen LogP contribution in [-0.4, -0.2) is 54.7 Å². The van der Waals surface area contributed by atoms with Crippen molar-refractivity contribution in [2.45, 2.75) is 133 Å². The van der Waals surface area contributed by atoms with Gasteiger partial charge in [-0.1, -0.05) is 51.5 Å². The molecule has 0 amide bonds. The third kappa shape index (κ3) is 12.4. The van der Waals surface area contributed by atoms with Gasteiger partial charge in [0.05, 0.1) is 30.1 Å². The zero-order valence-corrected chi connectivity index (χ0v) is 30.6. The van der Waals surface area contributed by atoms with Crippen molar-refractivity contribution in [2.24, 2.45) is 34.1 Å². The minimum Gasteiger partial charge on any atom is -0.460 e. The van der Waals surface area contributed by atoms with Gasteiger partial charge in [0.25, 0.3) is 0 Å². The standard InChI is InChI=1S/C37H60F3NO5/c1-14-28(20-26(7)36(17-18-36)37(38,39)40)27(8)41-31(16-3)32(42)23-44-22-29(19-24(4)5)25(6)21-45-35(12,13)30(15-2)33(43)46-34(9,10)11/h14,16,20,24-25,29-30H,15,17-19,21-23H2,1-13H3/b26-20+,28-14-,31-16-,41-27+. The van der Waals surface area contributed by atoms with Crippen LogP contribution in [-0.2, 0) is 23.8 Å². The minimum absolute atomic E-state index is 0.0908. The molecule has 0 aliphatic heterocycles. The topological polar surface area (TPSA) is 74.2 Å². The first kappa shape index (κ1) is 41.8. The van der Waals surface area contributed by atoms with Gasteiger partial charge in [0.15, 0.2) is 0 Å². The fraction of sp³-hybridized carbons (Fsp3) is 0.757. The number of Topliss-reactive ketones (excluding diaryl/α,β-unsaturated/α-hetero) is 1. The second kappa shape index (κ2) is 17.2. The van der Waals surface area contributed by atoms with Crippen molar-refractivity contribution in [3.63, 3.8) is 0 Å². The number of esters is 1. The highest BCUT2D eigenvalue weighted by molar-refractivity contribution is 6.05. The Labute approximate surface area is 276 Å². The highest BCUT2D eigenvalue weighted by Gasteiger charge is 2.64. The molecule has 1 fully saturated rings. The fourth-order valence-electron chi connectivity index (χ4n) is 5.67. The Kier molecular flexibility index (Phi) is 15.6. The lowest BCUT2D eigenvalue weighted by Crippen LogP contribution is -2.43. The molecule has 0 aromatic heterocycles. The molecule has 0 aromatic rings. The Hall–Kier alpha value is -2.26. The molecule has 46 heavy (non-hydrogen) atoms. The van der Waals surface area contributed by atoms with Crippen LogP contribution in [0, 0.1) is 29.1 Å². The van der Waals surface area contributed by atoms with E-state index in [2.05, 4.69) is 25.8 Å². The van der Waals surface area contributed by atoms with E-state index in [4.69, 9.17) is 14.2 Å². The molecule has 9 heteroatoms. The van der Waals surface area contributed by atoms with Crippen LogP contribution in [0.25, 0.3) is 0 Å². The molecular weight excluding hydrogens is 595 g/mol. The fourth-order valence-corrected chi connectivity index (χ4v) is 5.67. The number of alkyl halides is 3. The third-order valence-electron chi connectivity index (χ3n) is 8.80. The lowest BCUT2D eigenvalue weighted by atomic mass is 9.86. The van der Waals surface area contributed by atoms with Gasteiger partial charge in [0, 0.05) is 5.71 Å². The Morgan fingerprint density at radius 3 is 1.98 bits per heavy atom. The van der Waals surface area contributed by atoms with Crippen LogP contribution in [0.15, 0.2) is 40.1 Å². The maximum Gasteiger partial charge on any atom is 0.398 e. The minimum atomic E-state index is -4.29. The lowest BCUT2D eigenvalue weighted by Gasteiger charge is -2.36. The Balaban J connectivity index is 2.90. The van der Waals surface area contributed by atoms with Gasteiger partial charge in [-0.15, -0.1) is 0 Å². The molecule has 6 nitrogen and oxygen atoms in total. The number of nitrogens with zero attached hydrogens (tertiary/aromatic N) is 1. The van der Waals surface area contributed by atoms with Crippen LogP contribution in [0.5, 0.6) is 0 Å². The summed E-state index contributed by atoms with van der Waals surface area (Å²) in [5.41, 5.74) is -1.60. The normalized spacial score (nSPS) is 18.8. The van der Waals surface area contributed by atoms with E-state index in [9.17, 15) is 22.8 Å². The second-order valence-electron chi connectivity index (χ2n) is 14.7. The number of halogens is 3. The summed E-state index contributed by atoms with van der Waals surface area (Å²) < 4.78 is 58.7. The largest absolute Gasteiger partial charge is 0.460 e. The SMILES string of the molecule is C\C=C(/N=C(C)/C(=C\C)/C=C(\C)C1(C(F)(F)F)CC1)C(=O)COCC(CC(C)C)C(C)COC(C)(C)C(CC)C(=O)OC(C)(C)C. The van der Waals surface area contributed by atoms with Crippen molar-refractivity contribution in [3.8, 4) is 0 Å². The van der Waals surface area contributed by atoms with Crippen LogP contribution in [0.4, 0.5) is 13.2 Å². The zero-order chi connectivity index (χ0) is 35.7. The number of rotatable bonds is 18. The van der Waals surface area contributed by atoms with E-state index in [1.54, 1.807) is 32.9 Å². The molecule has 0 spiro atoms. The average Bonchev–Trinajstić information content (AvgIpc) is 3.74. The number of aliphatic imine (C=N–C) groups is 1. The molecule has 1 aliphatic carbocycles. The predicted octanol–water partition coefficient (Wildman–Crippen LogP) is 9.63. The van der Waals surface area contributed by atoms with Crippen molar-refractivity contribution in [2.75, 3.05) is 19.8 Å². The van der Waals surface area contributed by atoms with E-state index in [-0.39, 0.29) is 54.3 Å². The zero-order valence-electron chi connectivity index (χ0n) is 30.6. The number of carbonyl (C=O) groups is 2. The van der Waals surface area contributed by atoms with Crippen molar-refractivity contribution in [1.82, 2.24) is 0 Å².